The van der Waals surface area contributed by atoms with E-state index in [0.29, 0.717) is 21.2 Å². The van der Waals surface area contributed by atoms with Crippen LogP contribution in [0.4, 0.5) is 15.8 Å². The first-order chi connectivity index (χ1) is 21.2. The van der Waals surface area contributed by atoms with Crippen molar-refractivity contribution in [1.82, 2.24) is 4.57 Å². The van der Waals surface area contributed by atoms with Crippen LogP contribution in [0.3, 0.4) is 0 Å². The van der Waals surface area contributed by atoms with E-state index in [-0.39, 0.29) is 18.8 Å². The van der Waals surface area contributed by atoms with E-state index in [1.807, 2.05) is 24.3 Å². The molecule has 2 unspecified atom stereocenters. The van der Waals surface area contributed by atoms with Crippen molar-refractivity contribution in [3.05, 3.63) is 109 Å². The molecule has 0 saturated carbocycles. The van der Waals surface area contributed by atoms with Crippen LogP contribution in [-0.2, 0) is 25.7 Å². The standard InChI is InChI=1S/C31H23BrFN3O6S2/c1-2-42-30(40)17-5-11-20(12-6-17)34-22(37)15-35-29-26(44-31(35)41)23(16-3-7-18(32)8-4-16)24-25(43-29)28(39)36(27(24)38)21-13-9-19(33)10-14-21/h3-14,23-25H,2,15H2,1H3,(H,34,37)/t23-,24?,25?/m1/s1. The molecule has 44 heavy (non-hydrogen) atoms. The number of halogens is 2. The van der Waals surface area contributed by atoms with E-state index < -0.39 is 51.5 Å². The number of nitrogens with one attached hydrogen (secondary N) is 1. The molecule has 0 radical (unpaired) electrons. The van der Waals surface area contributed by atoms with Crippen molar-refractivity contribution in [1.29, 1.82) is 0 Å². The maximum Gasteiger partial charge on any atom is 0.338 e. The Morgan fingerprint density at radius 3 is 2.30 bits per heavy atom. The first-order valence-corrected chi connectivity index (χ1v) is 16.0. The minimum Gasteiger partial charge on any atom is -0.462 e. The molecule has 1 fully saturated rings. The second-order valence-corrected chi connectivity index (χ2v) is 13.1. The van der Waals surface area contributed by atoms with E-state index in [9.17, 15) is 28.4 Å². The molecule has 6 rings (SSSR count). The van der Waals surface area contributed by atoms with Gasteiger partial charge in [0.1, 0.15) is 17.6 Å². The van der Waals surface area contributed by atoms with Crippen LogP contribution in [0.5, 0.6) is 0 Å². The summed E-state index contributed by atoms with van der Waals surface area (Å²) in [6.45, 7) is 1.62. The number of carbonyl (C=O) groups excluding carboxylic acids is 4. The molecule has 3 heterocycles. The third-order valence-electron chi connectivity index (χ3n) is 7.34. The highest BCUT2D eigenvalue weighted by atomic mass is 79.9. The number of rotatable bonds is 7. The number of imide groups is 1. The zero-order valence-electron chi connectivity index (χ0n) is 23.0. The highest BCUT2D eigenvalue weighted by Crippen LogP contribution is 2.54. The SMILES string of the molecule is CCOC(=O)c1ccc(NC(=O)Cn2c3c(sc2=O)[C@H](c2ccc(Br)cc2)C2C(=O)N(c4ccc(F)cc4)C(=O)C2S3)cc1. The minimum atomic E-state index is -0.868. The molecule has 0 bridgehead atoms. The zero-order chi connectivity index (χ0) is 31.1. The molecule has 0 aliphatic carbocycles. The highest BCUT2D eigenvalue weighted by Gasteiger charge is 2.56. The van der Waals surface area contributed by atoms with Gasteiger partial charge in [0, 0.05) is 21.0 Å². The number of esters is 1. The quantitative estimate of drug-likeness (QED) is 0.203. The van der Waals surface area contributed by atoms with E-state index in [1.54, 1.807) is 19.1 Å². The number of hydrogen-bond donors (Lipinski definition) is 1. The van der Waals surface area contributed by atoms with Gasteiger partial charge in [0.05, 0.1) is 28.8 Å². The monoisotopic (exact) mass is 695 g/mol. The van der Waals surface area contributed by atoms with Gasteiger partial charge in [0.2, 0.25) is 17.7 Å². The Morgan fingerprint density at radius 1 is 0.955 bits per heavy atom. The number of anilines is 2. The van der Waals surface area contributed by atoms with Crippen LogP contribution in [-0.4, -0.2) is 40.1 Å². The fourth-order valence-corrected chi connectivity index (χ4v) is 8.41. The van der Waals surface area contributed by atoms with Gasteiger partial charge in [-0.2, -0.15) is 0 Å². The number of fused-ring (bicyclic) bond motifs is 2. The fraction of sp³-hybridized carbons (Fsp3) is 0.194. The van der Waals surface area contributed by atoms with Crippen molar-refractivity contribution in [2.45, 2.75) is 29.7 Å². The normalized spacial score (nSPS) is 19.0. The summed E-state index contributed by atoms with van der Waals surface area (Å²) in [5.74, 6) is -3.80. The predicted octanol–water partition coefficient (Wildman–Crippen LogP) is 5.42. The average molecular weight is 697 g/mol. The van der Waals surface area contributed by atoms with Gasteiger partial charge in [-0.05, 0) is 73.2 Å². The van der Waals surface area contributed by atoms with Crippen molar-refractivity contribution >= 4 is 74.1 Å². The Balaban J connectivity index is 1.33. The highest BCUT2D eigenvalue weighted by molar-refractivity contribution is 9.10. The molecular weight excluding hydrogens is 673 g/mol. The first kappa shape index (κ1) is 30.0. The Bertz CT molecular complexity index is 1840. The van der Waals surface area contributed by atoms with Gasteiger partial charge >= 0.3 is 10.8 Å². The van der Waals surface area contributed by atoms with Gasteiger partial charge < -0.3 is 10.1 Å². The smallest absolute Gasteiger partial charge is 0.338 e. The average Bonchev–Trinajstić information content (AvgIpc) is 3.45. The topological polar surface area (TPSA) is 115 Å². The van der Waals surface area contributed by atoms with Gasteiger partial charge in [-0.25, -0.2) is 14.1 Å². The van der Waals surface area contributed by atoms with Crippen LogP contribution in [0.25, 0.3) is 0 Å². The van der Waals surface area contributed by atoms with E-state index >= 15 is 0 Å². The van der Waals surface area contributed by atoms with E-state index in [2.05, 4.69) is 21.2 Å². The largest absolute Gasteiger partial charge is 0.462 e. The Morgan fingerprint density at radius 2 is 1.64 bits per heavy atom. The third kappa shape index (κ3) is 5.51. The number of thiazole rings is 1. The maximum atomic E-state index is 13.9. The summed E-state index contributed by atoms with van der Waals surface area (Å²) < 4.78 is 20.8. The number of hydrogen-bond acceptors (Lipinski definition) is 8. The molecule has 1 saturated heterocycles. The first-order valence-electron chi connectivity index (χ1n) is 13.5. The molecule has 224 valence electrons. The fourth-order valence-electron chi connectivity index (χ4n) is 5.38. The van der Waals surface area contributed by atoms with Crippen LogP contribution < -0.4 is 15.1 Å². The van der Waals surface area contributed by atoms with Crippen molar-refractivity contribution in [2.24, 2.45) is 5.92 Å². The number of benzene rings is 3. The molecule has 2 aliphatic rings. The van der Waals surface area contributed by atoms with Crippen molar-refractivity contribution in [2.75, 3.05) is 16.8 Å². The summed E-state index contributed by atoms with van der Waals surface area (Å²) in [7, 11) is 0. The molecule has 2 aliphatic heterocycles. The summed E-state index contributed by atoms with van der Waals surface area (Å²) in [6, 6.07) is 18.7. The second-order valence-electron chi connectivity index (χ2n) is 10.1. The molecular formula is C31H23BrFN3O6S2. The third-order valence-corrected chi connectivity index (χ3v) is 10.5. The van der Waals surface area contributed by atoms with Crippen LogP contribution in [0, 0.1) is 11.7 Å². The van der Waals surface area contributed by atoms with Gasteiger partial charge in [-0.15, -0.1) is 0 Å². The molecule has 1 N–H and O–H groups in total. The van der Waals surface area contributed by atoms with E-state index in [4.69, 9.17) is 4.74 Å². The number of carbonyl (C=O) groups is 4. The van der Waals surface area contributed by atoms with Gasteiger partial charge in [-0.3, -0.25) is 23.7 Å². The number of nitrogens with zero attached hydrogens (tertiary/aromatic N) is 2. The van der Waals surface area contributed by atoms with Gasteiger partial charge in [0.25, 0.3) is 0 Å². The van der Waals surface area contributed by atoms with E-state index in [1.165, 1.54) is 41.0 Å². The zero-order valence-corrected chi connectivity index (χ0v) is 26.2. The molecule has 3 atom stereocenters. The Labute approximate surface area is 267 Å². The molecule has 0 spiro atoms. The van der Waals surface area contributed by atoms with Crippen molar-refractivity contribution in [3.8, 4) is 0 Å². The summed E-state index contributed by atoms with van der Waals surface area (Å²) >= 11 is 5.47. The van der Waals surface area contributed by atoms with Gasteiger partial charge in [-0.1, -0.05) is 51.2 Å². The van der Waals surface area contributed by atoms with E-state index in [0.717, 1.165) is 38.0 Å². The summed E-state index contributed by atoms with van der Waals surface area (Å²) in [4.78, 5) is 67.3. The lowest BCUT2D eigenvalue weighted by atomic mass is 9.83. The molecule has 1 aromatic heterocycles. The maximum absolute atomic E-state index is 13.9. The van der Waals surface area contributed by atoms with Gasteiger partial charge in [0.15, 0.2) is 0 Å². The Kier molecular flexibility index (Phi) is 8.27. The van der Waals surface area contributed by atoms with Crippen LogP contribution >= 0.6 is 39.0 Å². The number of amides is 3. The molecule has 3 aromatic carbocycles. The number of ether oxygens (including phenoxy) is 1. The summed E-state index contributed by atoms with van der Waals surface area (Å²) in [5.41, 5.74) is 1.77. The summed E-state index contributed by atoms with van der Waals surface area (Å²) in [6.07, 6.45) is 0. The molecule has 9 nitrogen and oxygen atoms in total. The van der Waals surface area contributed by atoms with Crippen LogP contribution in [0.2, 0.25) is 0 Å². The minimum absolute atomic E-state index is 0.239. The number of aromatic nitrogens is 1. The van der Waals surface area contributed by atoms with Crippen LogP contribution in [0.1, 0.15) is 33.6 Å². The van der Waals surface area contributed by atoms with Crippen LogP contribution in [0.15, 0.2) is 87.1 Å². The van der Waals surface area contributed by atoms with Crippen molar-refractivity contribution in [3.63, 3.8) is 0 Å². The predicted molar refractivity (Wildman–Crippen MR) is 168 cm³/mol. The lowest BCUT2D eigenvalue weighted by molar-refractivity contribution is -0.122. The second kappa shape index (κ2) is 12.1. The molecule has 3 amide bonds. The lowest BCUT2D eigenvalue weighted by Crippen LogP contribution is -2.33. The summed E-state index contributed by atoms with van der Waals surface area (Å²) in [5, 5.41) is 2.32. The molecule has 13 heteroatoms. The lowest BCUT2D eigenvalue weighted by Gasteiger charge is -2.30. The number of thioether (sulfide) groups is 1. The molecule has 4 aromatic rings. The van der Waals surface area contributed by atoms with Crippen molar-refractivity contribution < 1.29 is 28.3 Å². The Hall–Kier alpha value is -4.07.